The van der Waals surface area contributed by atoms with Crippen LogP contribution in [0.25, 0.3) is 0 Å². The molecule has 0 fully saturated rings. The highest BCUT2D eigenvalue weighted by Gasteiger charge is 1.94. The van der Waals surface area contributed by atoms with Crippen LogP contribution in [0.1, 0.15) is 5.56 Å². The van der Waals surface area contributed by atoms with Crippen LogP contribution in [0.15, 0.2) is 17.2 Å². The highest BCUT2D eigenvalue weighted by molar-refractivity contribution is 5.02. The third kappa shape index (κ3) is 2.84. The minimum absolute atomic E-state index is 0.288. The highest BCUT2D eigenvalue weighted by Crippen LogP contribution is 1.93. The maximum Gasteiger partial charge on any atom is 0.344 e. The van der Waals surface area contributed by atoms with Gasteiger partial charge in [-0.3, -0.25) is 0 Å². The molecule has 0 aliphatic heterocycles. The van der Waals surface area contributed by atoms with Crippen molar-refractivity contribution in [2.45, 2.75) is 6.42 Å². The lowest BCUT2D eigenvalue weighted by atomic mass is 10.2. The Morgan fingerprint density at radius 1 is 1.58 bits per heavy atom. The van der Waals surface area contributed by atoms with Gasteiger partial charge in [0.2, 0.25) is 0 Å². The largest absolute Gasteiger partial charge is 0.344 e. The monoisotopic (exact) mass is 167 g/mol. The zero-order valence-electron chi connectivity index (χ0n) is 7.37. The van der Waals surface area contributed by atoms with Crippen LogP contribution in [0.3, 0.4) is 0 Å². The summed E-state index contributed by atoms with van der Waals surface area (Å²) >= 11 is 0. The summed E-state index contributed by atoms with van der Waals surface area (Å²) in [5.41, 5.74) is 0.770. The second-order valence-corrected chi connectivity index (χ2v) is 2.98. The molecule has 0 saturated carbocycles. The topological polar surface area (TPSA) is 49.0 Å². The summed E-state index contributed by atoms with van der Waals surface area (Å²) in [6, 6.07) is 0. The van der Waals surface area contributed by atoms with E-state index in [2.05, 4.69) is 14.9 Å². The van der Waals surface area contributed by atoms with Crippen molar-refractivity contribution in [3.05, 3.63) is 28.4 Å². The first-order valence-electron chi connectivity index (χ1n) is 3.87. The van der Waals surface area contributed by atoms with E-state index in [1.807, 2.05) is 14.1 Å². The first-order chi connectivity index (χ1) is 5.68. The van der Waals surface area contributed by atoms with E-state index in [0.29, 0.717) is 0 Å². The van der Waals surface area contributed by atoms with E-state index in [9.17, 15) is 4.79 Å². The summed E-state index contributed by atoms with van der Waals surface area (Å²) in [5.74, 6) is 0. The van der Waals surface area contributed by atoms with Gasteiger partial charge < -0.3 is 9.88 Å². The van der Waals surface area contributed by atoms with Gasteiger partial charge in [0.15, 0.2) is 0 Å². The molecular formula is C8H13N3O. The molecule has 0 aliphatic rings. The second-order valence-electron chi connectivity index (χ2n) is 2.98. The standard InChI is InChI=1S/C8H13N3O/c1-11(2)4-3-7-5-9-8(12)10-6-7/h5-6H,3-4H2,1-2H3,(H,9,10,12). The Hall–Kier alpha value is -1.16. The molecular weight excluding hydrogens is 154 g/mol. The highest BCUT2D eigenvalue weighted by atomic mass is 16.1. The minimum Gasteiger partial charge on any atom is -0.312 e. The van der Waals surface area contributed by atoms with E-state index < -0.39 is 0 Å². The normalized spacial score (nSPS) is 10.6. The maximum atomic E-state index is 10.6. The zero-order chi connectivity index (χ0) is 8.97. The van der Waals surface area contributed by atoms with Gasteiger partial charge in [0.1, 0.15) is 0 Å². The summed E-state index contributed by atoms with van der Waals surface area (Å²) < 4.78 is 0. The van der Waals surface area contributed by atoms with Gasteiger partial charge in [-0.25, -0.2) is 9.78 Å². The van der Waals surface area contributed by atoms with Crippen LogP contribution in [0.4, 0.5) is 0 Å². The average molecular weight is 167 g/mol. The fourth-order valence-corrected chi connectivity index (χ4v) is 0.860. The van der Waals surface area contributed by atoms with Crippen LogP contribution in [0.2, 0.25) is 0 Å². The summed E-state index contributed by atoms with van der Waals surface area (Å²) in [5, 5.41) is 0. The number of hydrogen-bond donors (Lipinski definition) is 1. The Morgan fingerprint density at radius 2 is 2.33 bits per heavy atom. The number of likely N-dealkylation sites (N-methyl/N-ethyl adjacent to an activating group) is 1. The van der Waals surface area contributed by atoms with Gasteiger partial charge in [0, 0.05) is 18.9 Å². The van der Waals surface area contributed by atoms with Crippen LogP contribution in [0, 0.1) is 0 Å². The second kappa shape index (κ2) is 4.01. The number of nitrogens with one attached hydrogen (secondary N) is 1. The summed E-state index contributed by atoms with van der Waals surface area (Å²) in [6.07, 6.45) is 4.23. The first-order valence-corrected chi connectivity index (χ1v) is 3.87. The van der Waals surface area contributed by atoms with Crippen LogP contribution < -0.4 is 5.69 Å². The molecule has 0 spiro atoms. The van der Waals surface area contributed by atoms with Crippen LogP contribution in [0.5, 0.6) is 0 Å². The van der Waals surface area contributed by atoms with E-state index in [1.165, 1.54) is 0 Å². The van der Waals surface area contributed by atoms with E-state index in [-0.39, 0.29) is 5.69 Å². The van der Waals surface area contributed by atoms with Crippen LogP contribution in [-0.2, 0) is 6.42 Å². The summed E-state index contributed by atoms with van der Waals surface area (Å²) in [7, 11) is 4.03. The average Bonchev–Trinajstić information content (AvgIpc) is 2.03. The maximum absolute atomic E-state index is 10.6. The van der Waals surface area contributed by atoms with Gasteiger partial charge >= 0.3 is 5.69 Å². The predicted molar refractivity (Wildman–Crippen MR) is 47.1 cm³/mol. The van der Waals surface area contributed by atoms with Gasteiger partial charge in [-0.2, -0.15) is 0 Å². The zero-order valence-corrected chi connectivity index (χ0v) is 7.37. The molecule has 0 aliphatic carbocycles. The molecule has 66 valence electrons. The lowest BCUT2D eigenvalue weighted by molar-refractivity contribution is 0.413. The first kappa shape index (κ1) is 8.93. The lowest BCUT2D eigenvalue weighted by Crippen LogP contribution is -2.16. The number of aromatic nitrogens is 2. The quantitative estimate of drug-likeness (QED) is 0.682. The van der Waals surface area contributed by atoms with Crippen molar-refractivity contribution in [1.29, 1.82) is 0 Å². The number of nitrogens with zero attached hydrogens (tertiary/aromatic N) is 2. The molecule has 12 heavy (non-hydrogen) atoms. The van der Waals surface area contributed by atoms with E-state index in [1.54, 1.807) is 12.4 Å². The molecule has 0 aromatic carbocycles. The number of H-pyrrole nitrogens is 1. The Balaban J connectivity index is 2.53. The molecule has 4 heteroatoms. The smallest absolute Gasteiger partial charge is 0.312 e. The number of hydrogen-bond acceptors (Lipinski definition) is 3. The van der Waals surface area contributed by atoms with Crippen molar-refractivity contribution in [1.82, 2.24) is 14.9 Å². The van der Waals surface area contributed by atoms with E-state index in [0.717, 1.165) is 18.5 Å². The molecule has 0 radical (unpaired) electrons. The summed E-state index contributed by atoms with van der Waals surface area (Å²) in [4.78, 5) is 18.8. The molecule has 1 rings (SSSR count). The molecule has 1 N–H and O–H groups in total. The third-order valence-electron chi connectivity index (χ3n) is 1.58. The van der Waals surface area contributed by atoms with Gasteiger partial charge in [0.05, 0.1) is 0 Å². The van der Waals surface area contributed by atoms with Crippen molar-refractivity contribution in [2.75, 3.05) is 20.6 Å². The summed E-state index contributed by atoms with van der Waals surface area (Å²) in [6.45, 7) is 0.966. The molecule has 4 nitrogen and oxygen atoms in total. The fraction of sp³-hybridized carbons (Fsp3) is 0.500. The minimum atomic E-state index is -0.288. The van der Waals surface area contributed by atoms with E-state index in [4.69, 9.17) is 0 Å². The molecule has 0 atom stereocenters. The van der Waals surface area contributed by atoms with Gasteiger partial charge in [0.25, 0.3) is 0 Å². The van der Waals surface area contributed by atoms with E-state index >= 15 is 0 Å². The molecule has 0 bridgehead atoms. The van der Waals surface area contributed by atoms with Gasteiger partial charge in [-0.05, 0) is 26.1 Å². The number of rotatable bonds is 3. The van der Waals surface area contributed by atoms with Crippen molar-refractivity contribution in [3.8, 4) is 0 Å². The van der Waals surface area contributed by atoms with Crippen LogP contribution in [-0.4, -0.2) is 35.5 Å². The molecule has 0 amide bonds. The number of aromatic amines is 1. The third-order valence-corrected chi connectivity index (χ3v) is 1.58. The lowest BCUT2D eigenvalue weighted by Gasteiger charge is -2.07. The fourth-order valence-electron chi connectivity index (χ4n) is 0.860. The van der Waals surface area contributed by atoms with Gasteiger partial charge in [-0.15, -0.1) is 0 Å². The van der Waals surface area contributed by atoms with Gasteiger partial charge in [-0.1, -0.05) is 0 Å². The Morgan fingerprint density at radius 3 is 2.83 bits per heavy atom. The Bertz CT molecular complexity index is 272. The molecule has 0 saturated heterocycles. The van der Waals surface area contributed by atoms with Crippen molar-refractivity contribution >= 4 is 0 Å². The molecule has 1 aromatic rings. The SMILES string of the molecule is CN(C)CCc1cnc(=O)[nH]c1. The predicted octanol–water partition coefficient (Wildman–Crippen LogP) is -0.126. The van der Waals surface area contributed by atoms with Crippen molar-refractivity contribution < 1.29 is 0 Å². The molecule has 1 aromatic heterocycles. The molecule has 1 heterocycles. The molecule has 0 unspecified atom stereocenters. The van der Waals surface area contributed by atoms with Crippen LogP contribution >= 0.6 is 0 Å². The van der Waals surface area contributed by atoms with Crippen molar-refractivity contribution in [3.63, 3.8) is 0 Å². The van der Waals surface area contributed by atoms with Crippen molar-refractivity contribution in [2.24, 2.45) is 0 Å². The Kier molecular flexibility index (Phi) is 2.99. The Labute approximate surface area is 71.3 Å².